The standard InChI is InChI=1S/C12H17NS/c1-2-14-11-8-7-10-5-3-4-6-12(10)13-9-11/h3-6,11,13H,2,7-9H2,1H3. The summed E-state index contributed by atoms with van der Waals surface area (Å²) >= 11 is 2.07. The topological polar surface area (TPSA) is 12.0 Å². The van der Waals surface area contributed by atoms with Crippen molar-refractivity contribution in [1.29, 1.82) is 0 Å². The summed E-state index contributed by atoms with van der Waals surface area (Å²) in [6, 6.07) is 8.67. The molecule has 0 saturated heterocycles. The summed E-state index contributed by atoms with van der Waals surface area (Å²) in [5.74, 6) is 1.22. The molecule has 1 N–H and O–H groups in total. The summed E-state index contributed by atoms with van der Waals surface area (Å²) in [4.78, 5) is 0. The molecule has 0 aromatic heterocycles. The number of anilines is 1. The number of thioether (sulfide) groups is 1. The van der Waals surface area contributed by atoms with Gasteiger partial charge in [0.15, 0.2) is 0 Å². The first kappa shape index (κ1) is 9.91. The Morgan fingerprint density at radius 2 is 2.29 bits per heavy atom. The van der Waals surface area contributed by atoms with E-state index in [1.54, 1.807) is 0 Å². The number of para-hydroxylation sites is 1. The van der Waals surface area contributed by atoms with Crippen LogP contribution in [-0.4, -0.2) is 17.5 Å². The zero-order chi connectivity index (χ0) is 9.80. The SMILES string of the molecule is CCSC1CCc2ccccc2NC1. The van der Waals surface area contributed by atoms with Crippen molar-refractivity contribution in [2.45, 2.75) is 25.0 Å². The third-order valence-electron chi connectivity index (χ3n) is 2.68. The van der Waals surface area contributed by atoms with Crippen LogP contribution in [0, 0.1) is 0 Å². The van der Waals surface area contributed by atoms with Crippen LogP contribution in [0.5, 0.6) is 0 Å². The first-order valence-corrected chi connectivity index (χ1v) is 6.38. The van der Waals surface area contributed by atoms with E-state index in [1.165, 1.54) is 29.8 Å². The predicted molar refractivity (Wildman–Crippen MR) is 65.2 cm³/mol. The Morgan fingerprint density at radius 1 is 1.43 bits per heavy atom. The molecule has 14 heavy (non-hydrogen) atoms. The Hall–Kier alpha value is -0.630. The fraction of sp³-hybridized carbons (Fsp3) is 0.500. The van der Waals surface area contributed by atoms with Crippen LogP contribution in [0.4, 0.5) is 5.69 Å². The molecule has 0 saturated carbocycles. The number of fused-ring (bicyclic) bond motifs is 1. The van der Waals surface area contributed by atoms with E-state index in [0.717, 1.165) is 11.8 Å². The lowest BCUT2D eigenvalue weighted by atomic mass is 10.1. The summed E-state index contributed by atoms with van der Waals surface area (Å²) < 4.78 is 0. The minimum atomic E-state index is 0.785. The van der Waals surface area contributed by atoms with E-state index in [1.807, 2.05) is 0 Å². The van der Waals surface area contributed by atoms with Crippen molar-refractivity contribution in [3.8, 4) is 0 Å². The molecule has 0 fully saturated rings. The lowest BCUT2D eigenvalue weighted by Crippen LogP contribution is -2.14. The van der Waals surface area contributed by atoms with E-state index < -0.39 is 0 Å². The second-order valence-corrected chi connectivity index (χ2v) is 5.23. The maximum Gasteiger partial charge on any atom is 0.0373 e. The second kappa shape index (κ2) is 4.74. The van der Waals surface area contributed by atoms with Gasteiger partial charge in [0.2, 0.25) is 0 Å². The predicted octanol–water partition coefficient (Wildman–Crippen LogP) is 3.17. The van der Waals surface area contributed by atoms with Crippen LogP contribution in [0.25, 0.3) is 0 Å². The van der Waals surface area contributed by atoms with Crippen molar-refractivity contribution in [2.75, 3.05) is 17.6 Å². The van der Waals surface area contributed by atoms with E-state index in [0.29, 0.717) is 0 Å². The molecule has 1 nitrogen and oxygen atoms in total. The van der Waals surface area contributed by atoms with Gasteiger partial charge >= 0.3 is 0 Å². The number of benzene rings is 1. The second-order valence-electron chi connectivity index (χ2n) is 3.65. The molecule has 0 spiro atoms. The number of hydrogen-bond donors (Lipinski definition) is 1. The molecular weight excluding hydrogens is 190 g/mol. The zero-order valence-electron chi connectivity index (χ0n) is 8.62. The molecule has 1 unspecified atom stereocenters. The van der Waals surface area contributed by atoms with Crippen molar-refractivity contribution in [1.82, 2.24) is 0 Å². The van der Waals surface area contributed by atoms with Gasteiger partial charge < -0.3 is 5.32 Å². The molecule has 0 bridgehead atoms. The maximum atomic E-state index is 3.54. The van der Waals surface area contributed by atoms with Crippen LogP contribution in [0.1, 0.15) is 18.9 Å². The van der Waals surface area contributed by atoms with Crippen LogP contribution >= 0.6 is 11.8 Å². The summed E-state index contributed by atoms with van der Waals surface area (Å²) in [5, 5.41) is 4.32. The summed E-state index contributed by atoms with van der Waals surface area (Å²) in [7, 11) is 0. The molecule has 0 aliphatic carbocycles. The van der Waals surface area contributed by atoms with Gasteiger partial charge in [-0.2, -0.15) is 11.8 Å². The summed E-state index contributed by atoms with van der Waals surface area (Å²) in [5.41, 5.74) is 2.82. The fourth-order valence-electron chi connectivity index (χ4n) is 1.93. The van der Waals surface area contributed by atoms with E-state index in [4.69, 9.17) is 0 Å². The van der Waals surface area contributed by atoms with Crippen LogP contribution in [0.2, 0.25) is 0 Å². The smallest absolute Gasteiger partial charge is 0.0373 e. The van der Waals surface area contributed by atoms with Crippen molar-refractivity contribution in [3.05, 3.63) is 29.8 Å². The van der Waals surface area contributed by atoms with Crippen LogP contribution in [0.15, 0.2) is 24.3 Å². The van der Waals surface area contributed by atoms with Gasteiger partial charge in [-0.05, 0) is 30.2 Å². The minimum absolute atomic E-state index is 0.785. The molecule has 1 aliphatic rings. The normalized spacial score (nSPS) is 20.8. The van der Waals surface area contributed by atoms with E-state index >= 15 is 0 Å². The highest BCUT2D eigenvalue weighted by Crippen LogP contribution is 2.25. The number of aryl methyl sites for hydroxylation is 1. The summed E-state index contributed by atoms with van der Waals surface area (Å²) in [6.45, 7) is 3.36. The van der Waals surface area contributed by atoms with Gasteiger partial charge in [-0.1, -0.05) is 25.1 Å². The Morgan fingerprint density at radius 3 is 3.14 bits per heavy atom. The molecule has 1 aromatic rings. The van der Waals surface area contributed by atoms with Gasteiger partial charge in [0.05, 0.1) is 0 Å². The maximum absolute atomic E-state index is 3.54. The number of nitrogens with one attached hydrogen (secondary N) is 1. The summed E-state index contributed by atoms with van der Waals surface area (Å²) in [6.07, 6.45) is 2.53. The van der Waals surface area contributed by atoms with E-state index in [-0.39, 0.29) is 0 Å². The van der Waals surface area contributed by atoms with Gasteiger partial charge in [0, 0.05) is 17.5 Å². The number of rotatable bonds is 2. The third kappa shape index (κ3) is 2.24. The number of hydrogen-bond acceptors (Lipinski definition) is 2. The quantitative estimate of drug-likeness (QED) is 0.799. The molecule has 0 amide bonds. The fourth-order valence-corrected chi connectivity index (χ4v) is 2.89. The van der Waals surface area contributed by atoms with E-state index in [9.17, 15) is 0 Å². The molecule has 1 aliphatic heterocycles. The monoisotopic (exact) mass is 207 g/mol. The first-order valence-electron chi connectivity index (χ1n) is 5.33. The molecule has 1 aromatic carbocycles. The lowest BCUT2D eigenvalue weighted by Gasteiger charge is -2.12. The highest BCUT2D eigenvalue weighted by atomic mass is 32.2. The molecule has 2 heteroatoms. The van der Waals surface area contributed by atoms with Crippen molar-refractivity contribution >= 4 is 17.4 Å². The van der Waals surface area contributed by atoms with Crippen molar-refractivity contribution in [2.24, 2.45) is 0 Å². The van der Waals surface area contributed by atoms with Gasteiger partial charge in [-0.15, -0.1) is 0 Å². The van der Waals surface area contributed by atoms with Crippen LogP contribution in [0.3, 0.4) is 0 Å². The molecule has 0 radical (unpaired) electrons. The van der Waals surface area contributed by atoms with Crippen LogP contribution in [-0.2, 0) is 6.42 Å². The Labute approximate surface area is 90.3 Å². The van der Waals surface area contributed by atoms with Gasteiger partial charge in [-0.3, -0.25) is 0 Å². The average molecular weight is 207 g/mol. The molecule has 1 heterocycles. The Kier molecular flexibility index (Phi) is 3.35. The molecular formula is C12H17NS. The van der Waals surface area contributed by atoms with Gasteiger partial charge in [-0.25, -0.2) is 0 Å². The Balaban J connectivity index is 2.06. The van der Waals surface area contributed by atoms with Gasteiger partial charge in [0.25, 0.3) is 0 Å². The lowest BCUT2D eigenvalue weighted by molar-refractivity contribution is 0.803. The van der Waals surface area contributed by atoms with Crippen molar-refractivity contribution < 1.29 is 0 Å². The third-order valence-corrected chi connectivity index (χ3v) is 3.88. The zero-order valence-corrected chi connectivity index (χ0v) is 9.44. The average Bonchev–Trinajstić information content (AvgIpc) is 2.42. The molecule has 76 valence electrons. The largest absolute Gasteiger partial charge is 0.384 e. The molecule has 2 rings (SSSR count). The van der Waals surface area contributed by atoms with E-state index in [2.05, 4.69) is 48.3 Å². The Bertz CT molecular complexity index is 271. The van der Waals surface area contributed by atoms with Crippen molar-refractivity contribution in [3.63, 3.8) is 0 Å². The van der Waals surface area contributed by atoms with Crippen LogP contribution < -0.4 is 5.32 Å². The highest BCUT2D eigenvalue weighted by molar-refractivity contribution is 7.99. The molecule has 1 atom stereocenters. The first-order chi connectivity index (χ1) is 6.90. The minimum Gasteiger partial charge on any atom is -0.384 e. The van der Waals surface area contributed by atoms with Gasteiger partial charge in [0.1, 0.15) is 0 Å². The highest BCUT2D eigenvalue weighted by Gasteiger charge is 2.14.